The molecule has 1 aliphatic heterocycles. The van der Waals surface area contributed by atoms with Crippen LogP contribution in [-0.4, -0.2) is 70.6 Å². The Labute approximate surface area is 252 Å². The van der Waals surface area contributed by atoms with E-state index in [1.54, 1.807) is 11.6 Å². The molecular formula is C33H31N5O4S. The van der Waals surface area contributed by atoms with E-state index >= 15 is 0 Å². The zero-order chi connectivity index (χ0) is 29.5. The molecule has 0 bridgehead atoms. The van der Waals surface area contributed by atoms with Crippen molar-refractivity contribution in [2.75, 3.05) is 40.3 Å². The molecule has 0 atom stereocenters. The third kappa shape index (κ3) is 5.47. The average Bonchev–Trinajstić information content (AvgIpc) is 3.73. The van der Waals surface area contributed by atoms with Crippen LogP contribution < -0.4 is 9.47 Å². The van der Waals surface area contributed by atoms with Gasteiger partial charge in [-0.3, -0.25) is 4.79 Å². The summed E-state index contributed by atoms with van der Waals surface area (Å²) in [6, 6.07) is 21.6. The summed E-state index contributed by atoms with van der Waals surface area (Å²) in [6.07, 6.45) is 1.88. The summed E-state index contributed by atoms with van der Waals surface area (Å²) in [5, 5.41) is 6.35. The second kappa shape index (κ2) is 11.2. The molecule has 1 aliphatic rings. The summed E-state index contributed by atoms with van der Waals surface area (Å²) in [5.74, 6) is 2.18. The quantitative estimate of drug-likeness (QED) is 0.219. The lowest BCUT2D eigenvalue weighted by atomic mass is 10.0. The Kier molecular flexibility index (Phi) is 7.08. The number of methoxy groups -OCH3 is 1. The molecular weight excluding hydrogens is 562 g/mol. The molecule has 9 nitrogen and oxygen atoms in total. The lowest BCUT2D eigenvalue weighted by Gasteiger charge is -2.32. The minimum atomic E-state index is 0.0863. The van der Waals surface area contributed by atoms with Gasteiger partial charge in [0.15, 0.2) is 5.76 Å². The van der Waals surface area contributed by atoms with Crippen molar-refractivity contribution < 1.29 is 18.7 Å². The maximum Gasteiger partial charge on any atom is 0.253 e. The van der Waals surface area contributed by atoms with Crippen molar-refractivity contribution in [3.8, 4) is 34.1 Å². The van der Waals surface area contributed by atoms with Crippen molar-refractivity contribution in [2.45, 2.75) is 13.5 Å². The second-order valence-electron chi connectivity index (χ2n) is 10.8. The van der Waals surface area contributed by atoms with E-state index in [-0.39, 0.29) is 5.91 Å². The fraction of sp³-hybridized carbons (Fsp3) is 0.242. The largest absolute Gasteiger partial charge is 0.497 e. The van der Waals surface area contributed by atoms with Crippen LogP contribution in [0, 0.1) is 6.92 Å². The van der Waals surface area contributed by atoms with Crippen LogP contribution in [-0.2, 0) is 6.61 Å². The number of imidazole rings is 1. The highest BCUT2D eigenvalue weighted by atomic mass is 32.1. The van der Waals surface area contributed by atoms with Crippen LogP contribution in [0.25, 0.3) is 38.5 Å². The van der Waals surface area contributed by atoms with Gasteiger partial charge in [-0.05, 0) is 61.5 Å². The summed E-state index contributed by atoms with van der Waals surface area (Å²) in [4.78, 5) is 22.6. The van der Waals surface area contributed by atoms with Crippen molar-refractivity contribution in [3.05, 3.63) is 89.1 Å². The van der Waals surface area contributed by atoms with E-state index in [9.17, 15) is 4.79 Å². The molecule has 7 rings (SSSR count). The van der Waals surface area contributed by atoms with Crippen LogP contribution in [0.4, 0.5) is 0 Å². The van der Waals surface area contributed by atoms with Crippen molar-refractivity contribution in [2.24, 2.45) is 0 Å². The van der Waals surface area contributed by atoms with Gasteiger partial charge in [0.1, 0.15) is 34.4 Å². The molecule has 1 fully saturated rings. The Balaban J connectivity index is 1.09. The Morgan fingerprint density at radius 1 is 0.977 bits per heavy atom. The van der Waals surface area contributed by atoms with E-state index in [4.69, 9.17) is 13.9 Å². The number of carbonyl (C=O) groups is 1. The van der Waals surface area contributed by atoms with Gasteiger partial charge in [0, 0.05) is 48.8 Å². The van der Waals surface area contributed by atoms with Gasteiger partial charge in [-0.1, -0.05) is 35.6 Å². The van der Waals surface area contributed by atoms with Crippen LogP contribution in [0.2, 0.25) is 0 Å². The Hall–Kier alpha value is -4.67. The Morgan fingerprint density at radius 2 is 1.79 bits per heavy atom. The molecule has 1 saturated heterocycles. The highest BCUT2D eigenvalue weighted by molar-refractivity contribution is 7.16. The Bertz CT molecular complexity index is 1900. The van der Waals surface area contributed by atoms with E-state index < -0.39 is 0 Å². The van der Waals surface area contributed by atoms with Gasteiger partial charge < -0.3 is 23.7 Å². The van der Waals surface area contributed by atoms with Gasteiger partial charge in [-0.2, -0.15) is 5.10 Å². The van der Waals surface area contributed by atoms with E-state index in [1.807, 2.05) is 84.8 Å². The minimum Gasteiger partial charge on any atom is -0.497 e. The van der Waals surface area contributed by atoms with Crippen molar-refractivity contribution >= 4 is 33.2 Å². The highest BCUT2D eigenvalue weighted by Crippen LogP contribution is 2.34. The molecule has 0 saturated carbocycles. The zero-order valence-corrected chi connectivity index (χ0v) is 25.1. The normalized spacial score (nSPS) is 14.1. The molecule has 0 radical (unpaired) electrons. The van der Waals surface area contributed by atoms with Gasteiger partial charge >= 0.3 is 0 Å². The zero-order valence-electron chi connectivity index (χ0n) is 24.2. The number of aryl methyl sites for hydroxylation is 1. The molecule has 0 unspecified atom stereocenters. The van der Waals surface area contributed by atoms with Crippen molar-refractivity contribution in [1.29, 1.82) is 0 Å². The monoisotopic (exact) mass is 593 g/mol. The first-order valence-electron chi connectivity index (χ1n) is 14.2. The van der Waals surface area contributed by atoms with Crippen molar-refractivity contribution in [1.82, 2.24) is 24.4 Å². The SMILES string of the molecule is COc1cc(COc2cccc(-c3ccc(C(=O)N4CCN(C)CC4)cc3)c2)c2cc(-c3cn4nc(C)sc4n3)oc2c1. The summed E-state index contributed by atoms with van der Waals surface area (Å²) in [7, 11) is 3.73. The number of likely N-dealkylation sites (N-methyl/N-ethyl adjacent to an activating group) is 1. The molecule has 0 spiro atoms. The number of piperazine rings is 1. The van der Waals surface area contributed by atoms with Gasteiger partial charge in [0.25, 0.3) is 5.91 Å². The van der Waals surface area contributed by atoms with Crippen LogP contribution in [0.1, 0.15) is 20.9 Å². The fourth-order valence-electron chi connectivity index (χ4n) is 5.39. The molecule has 0 aliphatic carbocycles. The third-order valence-corrected chi connectivity index (χ3v) is 8.65. The molecule has 3 aromatic heterocycles. The molecule has 4 heterocycles. The van der Waals surface area contributed by atoms with Gasteiger partial charge in [0.05, 0.1) is 13.3 Å². The first-order valence-corrected chi connectivity index (χ1v) is 15.0. The number of aromatic nitrogens is 3. The maximum absolute atomic E-state index is 13.0. The predicted octanol–water partition coefficient (Wildman–Crippen LogP) is 6.15. The summed E-state index contributed by atoms with van der Waals surface area (Å²) < 4.78 is 19.8. The van der Waals surface area contributed by atoms with E-state index in [1.165, 1.54) is 11.3 Å². The second-order valence-corrected chi connectivity index (χ2v) is 11.9. The predicted molar refractivity (Wildman–Crippen MR) is 167 cm³/mol. The first kappa shape index (κ1) is 27.2. The minimum absolute atomic E-state index is 0.0863. The molecule has 218 valence electrons. The van der Waals surface area contributed by atoms with Gasteiger partial charge in [0.2, 0.25) is 4.96 Å². The van der Waals surface area contributed by atoms with Crippen molar-refractivity contribution in [3.63, 3.8) is 0 Å². The fourth-order valence-corrected chi connectivity index (χ4v) is 6.11. The molecule has 1 amide bonds. The first-order chi connectivity index (χ1) is 20.9. The average molecular weight is 594 g/mol. The topological polar surface area (TPSA) is 85.3 Å². The van der Waals surface area contributed by atoms with Crippen LogP contribution in [0.15, 0.2) is 77.3 Å². The number of rotatable bonds is 7. The molecule has 10 heteroatoms. The number of carbonyl (C=O) groups excluding carboxylic acids is 1. The van der Waals surface area contributed by atoms with Crippen LogP contribution in [0.3, 0.4) is 0 Å². The lowest BCUT2D eigenvalue weighted by molar-refractivity contribution is 0.0664. The maximum atomic E-state index is 13.0. The van der Waals surface area contributed by atoms with E-state index in [2.05, 4.69) is 22.0 Å². The van der Waals surface area contributed by atoms with Gasteiger partial charge in [-0.25, -0.2) is 9.50 Å². The standard InChI is InChI=1S/C33H31N5O4S/c1-21-35-38-19-29(34-33(38)43-21)31-18-28-25(16-27(40-3)17-30(28)42-31)20-41-26-6-4-5-24(15-26)22-7-9-23(10-8-22)32(39)37-13-11-36(2)12-14-37/h4-10,15-19H,11-14,20H2,1-3H3. The molecule has 43 heavy (non-hydrogen) atoms. The number of hydrogen-bond donors (Lipinski definition) is 0. The molecule has 0 N–H and O–H groups in total. The summed E-state index contributed by atoms with van der Waals surface area (Å²) in [5.41, 5.74) is 5.12. The summed E-state index contributed by atoms with van der Waals surface area (Å²) in [6.45, 7) is 5.61. The third-order valence-electron chi connectivity index (χ3n) is 7.81. The van der Waals surface area contributed by atoms with Crippen LogP contribution >= 0.6 is 11.3 Å². The van der Waals surface area contributed by atoms with E-state index in [0.29, 0.717) is 29.3 Å². The smallest absolute Gasteiger partial charge is 0.253 e. The number of hydrogen-bond acceptors (Lipinski definition) is 8. The number of nitrogens with zero attached hydrogens (tertiary/aromatic N) is 5. The molecule has 6 aromatic rings. The lowest BCUT2D eigenvalue weighted by Crippen LogP contribution is -2.47. The number of ether oxygens (including phenoxy) is 2. The van der Waals surface area contributed by atoms with Crippen LogP contribution in [0.5, 0.6) is 11.5 Å². The highest BCUT2D eigenvalue weighted by Gasteiger charge is 2.20. The Morgan fingerprint density at radius 3 is 2.56 bits per heavy atom. The number of amides is 1. The summed E-state index contributed by atoms with van der Waals surface area (Å²) >= 11 is 1.54. The van der Waals surface area contributed by atoms with Gasteiger partial charge in [-0.15, -0.1) is 0 Å². The number of fused-ring (bicyclic) bond motifs is 2. The molecule has 3 aromatic carbocycles. The van der Waals surface area contributed by atoms with E-state index in [0.717, 1.165) is 69.7 Å². The number of furan rings is 1. The number of benzene rings is 3.